The zero-order valence-electron chi connectivity index (χ0n) is 11.7. The van der Waals surface area contributed by atoms with Gasteiger partial charge in [0.25, 0.3) is 0 Å². The van der Waals surface area contributed by atoms with Crippen LogP contribution in [0.5, 0.6) is 11.5 Å². The van der Waals surface area contributed by atoms with Gasteiger partial charge in [-0.1, -0.05) is 12.1 Å². The van der Waals surface area contributed by atoms with Gasteiger partial charge in [0.1, 0.15) is 23.4 Å². The van der Waals surface area contributed by atoms with E-state index in [0.29, 0.717) is 17.1 Å². The predicted octanol–water partition coefficient (Wildman–Crippen LogP) is 3.23. The molecule has 1 unspecified atom stereocenters. The number of rotatable bonds is 4. The fraction of sp³-hybridized carbons (Fsp3) is 0.250. The van der Waals surface area contributed by atoms with Crippen molar-refractivity contribution < 1.29 is 19.0 Å². The van der Waals surface area contributed by atoms with Crippen LogP contribution in [0.15, 0.2) is 36.4 Å². The maximum Gasteiger partial charge on any atom is 0.129 e. The molecule has 2 aromatic rings. The topological polar surface area (TPSA) is 38.7 Å². The smallest absolute Gasteiger partial charge is 0.129 e. The Hall–Kier alpha value is -2.07. The van der Waals surface area contributed by atoms with E-state index in [2.05, 4.69) is 0 Å². The highest BCUT2D eigenvalue weighted by Gasteiger charge is 2.19. The highest BCUT2D eigenvalue weighted by molar-refractivity contribution is 5.45. The van der Waals surface area contributed by atoms with E-state index in [0.717, 1.165) is 5.56 Å². The zero-order chi connectivity index (χ0) is 14.7. The highest BCUT2D eigenvalue weighted by Crippen LogP contribution is 2.34. The first kappa shape index (κ1) is 14.3. The van der Waals surface area contributed by atoms with Gasteiger partial charge in [0.05, 0.1) is 14.2 Å². The molecule has 0 saturated heterocycles. The van der Waals surface area contributed by atoms with Crippen molar-refractivity contribution in [3.8, 4) is 11.5 Å². The van der Waals surface area contributed by atoms with Gasteiger partial charge in [-0.2, -0.15) is 0 Å². The van der Waals surface area contributed by atoms with E-state index in [1.807, 2.05) is 0 Å². The van der Waals surface area contributed by atoms with Crippen LogP contribution in [0.25, 0.3) is 0 Å². The van der Waals surface area contributed by atoms with E-state index in [1.165, 1.54) is 20.3 Å². The molecular formula is C16H17FO3. The van der Waals surface area contributed by atoms with Crippen molar-refractivity contribution >= 4 is 0 Å². The normalized spacial score (nSPS) is 12.1. The minimum Gasteiger partial charge on any atom is -0.497 e. The number of benzene rings is 2. The van der Waals surface area contributed by atoms with E-state index >= 15 is 0 Å². The molecule has 0 aliphatic rings. The van der Waals surface area contributed by atoms with Crippen molar-refractivity contribution in [3.05, 3.63) is 58.9 Å². The molecule has 0 aliphatic heterocycles. The summed E-state index contributed by atoms with van der Waals surface area (Å²) in [6.45, 7) is 1.80. The molecular weight excluding hydrogens is 259 g/mol. The van der Waals surface area contributed by atoms with E-state index in [9.17, 15) is 9.50 Å². The molecule has 0 radical (unpaired) electrons. The number of aliphatic hydroxyl groups is 1. The third-order valence-electron chi connectivity index (χ3n) is 3.18. The highest BCUT2D eigenvalue weighted by atomic mass is 19.1. The van der Waals surface area contributed by atoms with Crippen molar-refractivity contribution in [1.82, 2.24) is 0 Å². The lowest BCUT2D eigenvalue weighted by Gasteiger charge is -2.17. The van der Waals surface area contributed by atoms with Gasteiger partial charge >= 0.3 is 0 Å². The molecule has 0 saturated carbocycles. The third-order valence-corrected chi connectivity index (χ3v) is 3.18. The standard InChI is InChI=1S/C16H17FO3/c1-10-4-6-12(14(17)8-10)16(18)13-9-11(19-2)5-7-15(13)20-3/h4-9,16,18H,1-3H3. The summed E-state index contributed by atoms with van der Waals surface area (Å²) in [5.41, 5.74) is 1.48. The van der Waals surface area contributed by atoms with Gasteiger partial charge in [0.15, 0.2) is 0 Å². The summed E-state index contributed by atoms with van der Waals surface area (Å²) in [7, 11) is 3.04. The van der Waals surface area contributed by atoms with Gasteiger partial charge in [-0.3, -0.25) is 0 Å². The molecule has 0 amide bonds. The van der Waals surface area contributed by atoms with Gasteiger partial charge in [0, 0.05) is 11.1 Å². The molecule has 1 N–H and O–H groups in total. The van der Waals surface area contributed by atoms with Crippen LogP contribution in [-0.4, -0.2) is 19.3 Å². The molecule has 0 aromatic heterocycles. The Morgan fingerprint density at radius 3 is 2.35 bits per heavy atom. The van der Waals surface area contributed by atoms with E-state index in [4.69, 9.17) is 9.47 Å². The monoisotopic (exact) mass is 276 g/mol. The molecule has 0 heterocycles. The summed E-state index contributed by atoms with van der Waals surface area (Å²) < 4.78 is 24.3. The van der Waals surface area contributed by atoms with Crippen LogP contribution in [0, 0.1) is 12.7 Å². The molecule has 0 spiro atoms. The van der Waals surface area contributed by atoms with Crippen molar-refractivity contribution in [2.24, 2.45) is 0 Å². The molecule has 0 fully saturated rings. The Bertz CT molecular complexity index is 611. The predicted molar refractivity (Wildman–Crippen MR) is 74.7 cm³/mol. The molecule has 0 aliphatic carbocycles. The Kier molecular flexibility index (Phi) is 4.25. The second-order valence-corrected chi connectivity index (χ2v) is 4.54. The van der Waals surface area contributed by atoms with Crippen LogP contribution >= 0.6 is 0 Å². The molecule has 2 rings (SSSR count). The lowest BCUT2D eigenvalue weighted by Crippen LogP contribution is -2.05. The molecule has 106 valence electrons. The summed E-state index contributed by atoms with van der Waals surface area (Å²) in [6, 6.07) is 9.78. The lowest BCUT2D eigenvalue weighted by atomic mass is 9.99. The number of methoxy groups -OCH3 is 2. The van der Waals surface area contributed by atoms with Gasteiger partial charge in [0.2, 0.25) is 0 Å². The first-order valence-corrected chi connectivity index (χ1v) is 6.23. The lowest BCUT2D eigenvalue weighted by molar-refractivity contribution is 0.209. The summed E-state index contributed by atoms with van der Waals surface area (Å²) in [6.07, 6.45) is -1.11. The minimum absolute atomic E-state index is 0.210. The van der Waals surface area contributed by atoms with Gasteiger partial charge in [-0.05, 0) is 36.8 Å². The Balaban J connectivity index is 2.48. The Morgan fingerprint density at radius 2 is 1.75 bits per heavy atom. The Morgan fingerprint density at radius 1 is 1.00 bits per heavy atom. The maximum absolute atomic E-state index is 14.0. The second-order valence-electron chi connectivity index (χ2n) is 4.54. The van der Waals surface area contributed by atoms with Crippen LogP contribution < -0.4 is 9.47 Å². The van der Waals surface area contributed by atoms with Gasteiger partial charge in [-0.25, -0.2) is 4.39 Å². The van der Waals surface area contributed by atoms with Crippen LogP contribution in [0.2, 0.25) is 0 Å². The van der Waals surface area contributed by atoms with E-state index in [-0.39, 0.29) is 5.56 Å². The van der Waals surface area contributed by atoms with Crippen LogP contribution in [0.4, 0.5) is 4.39 Å². The molecule has 0 bridgehead atoms. The zero-order valence-corrected chi connectivity index (χ0v) is 11.7. The minimum atomic E-state index is -1.11. The average molecular weight is 276 g/mol. The molecule has 1 atom stereocenters. The van der Waals surface area contributed by atoms with Gasteiger partial charge in [-0.15, -0.1) is 0 Å². The van der Waals surface area contributed by atoms with E-state index in [1.54, 1.807) is 37.3 Å². The summed E-state index contributed by atoms with van der Waals surface area (Å²) in [5, 5.41) is 10.4. The summed E-state index contributed by atoms with van der Waals surface area (Å²) in [4.78, 5) is 0. The fourth-order valence-corrected chi connectivity index (χ4v) is 2.07. The number of aliphatic hydroxyl groups excluding tert-OH is 1. The molecule has 3 nitrogen and oxygen atoms in total. The SMILES string of the molecule is COc1ccc(OC)c(C(O)c2ccc(C)cc2F)c1. The van der Waals surface area contributed by atoms with Gasteiger partial charge < -0.3 is 14.6 Å². The number of ether oxygens (including phenoxy) is 2. The third kappa shape index (κ3) is 2.75. The van der Waals surface area contributed by atoms with Crippen molar-refractivity contribution in [2.45, 2.75) is 13.0 Å². The number of halogens is 1. The second kappa shape index (κ2) is 5.92. The number of hydrogen-bond donors (Lipinski definition) is 1. The fourth-order valence-electron chi connectivity index (χ4n) is 2.07. The number of hydrogen-bond acceptors (Lipinski definition) is 3. The van der Waals surface area contributed by atoms with Crippen molar-refractivity contribution in [3.63, 3.8) is 0 Å². The first-order valence-electron chi connectivity index (χ1n) is 6.23. The van der Waals surface area contributed by atoms with Crippen molar-refractivity contribution in [2.75, 3.05) is 14.2 Å². The van der Waals surface area contributed by atoms with Crippen molar-refractivity contribution in [1.29, 1.82) is 0 Å². The van der Waals surface area contributed by atoms with E-state index < -0.39 is 11.9 Å². The molecule has 2 aromatic carbocycles. The maximum atomic E-state index is 14.0. The first-order chi connectivity index (χ1) is 9.56. The molecule has 4 heteroatoms. The summed E-state index contributed by atoms with van der Waals surface area (Å²) >= 11 is 0. The van der Waals surface area contributed by atoms with Crippen LogP contribution in [0.1, 0.15) is 22.8 Å². The van der Waals surface area contributed by atoms with Crippen LogP contribution in [0.3, 0.4) is 0 Å². The summed E-state index contributed by atoms with van der Waals surface area (Å²) in [5.74, 6) is 0.619. The largest absolute Gasteiger partial charge is 0.497 e. The molecule has 20 heavy (non-hydrogen) atoms. The number of aryl methyl sites for hydroxylation is 1. The average Bonchev–Trinajstić information content (AvgIpc) is 2.46. The Labute approximate surface area is 117 Å². The quantitative estimate of drug-likeness (QED) is 0.931. The van der Waals surface area contributed by atoms with Crippen LogP contribution in [-0.2, 0) is 0 Å².